The van der Waals surface area contributed by atoms with E-state index >= 15 is 0 Å². The minimum absolute atomic E-state index is 0.0439. The Morgan fingerprint density at radius 3 is 2.83 bits per heavy atom. The molecule has 0 heterocycles. The van der Waals surface area contributed by atoms with Crippen LogP contribution in [-0.4, -0.2) is 24.9 Å². The van der Waals surface area contributed by atoms with E-state index in [0.717, 1.165) is 15.8 Å². The summed E-state index contributed by atoms with van der Waals surface area (Å²) in [5, 5.41) is 13.8. The molecule has 0 unspecified atom stereocenters. The van der Waals surface area contributed by atoms with Crippen LogP contribution < -0.4 is 14.8 Å². The first kappa shape index (κ1) is 17.3. The second-order valence-corrected chi connectivity index (χ2v) is 6.73. The average Bonchev–Trinajstić information content (AvgIpc) is 2.90. The quantitative estimate of drug-likeness (QED) is 0.789. The summed E-state index contributed by atoms with van der Waals surface area (Å²) in [6.45, 7) is 3.16. The summed E-state index contributed by atoms with van der Waals surface area (Å²) in [4.78, 5) is 0. The molecular weight excluding hydrogens is 370 g/mol. The van der Waals surface area contributed by atoms with Crippen LogP contribution in [0.3, 0.4) is 0 Å². The molecule has 24 heavy (non-hydrogen) atoms. The summed E-state index contributed by atoms with van der Waals surface area (Å²) in [6.07, 6.45) is 0.305. The van der Waals surface area contributed by atoms with E-state index in [2.05, 4.69) is 33.4 Å². The molecule has 128 valence electrons. The molecule has 0 amide bonds. The van der Waals surface area contributed by atoms with Gasteiger partial charge in [0.15, 0.2) is 11.5 Å². The Morgan fingerprint density at radius 2 is 2.08 bits per heavy atom. The summed E-state index contributed by atoms with van der Waals surface area (Å²) >= 11 is 3.55. The highest BCUT2D eigenvalue weighted by molar-refractivity contribution is 9.10. The van der Waals surface area contributed by atoms with Gasteiger partial charge in [-0.2, -0.15) is 0 Å². The van der Waals surface area contributed by atoms with Crippen LogP contribution in [-0.2, 0) is 13.0 Å². The van der Waals surface area contributed by atoms with Gasteiger partial charge in [0.25, 0.3) is 0 Å². The lowest BCUT2D eigenvalue weighted by Crippen LogP contribution is -2.28. The molecule has 1 aliphatic rings. The Balaban J connectivity index is 1.76. The molecule has 4 nitrogen and oxygen atoms in total. The molecule has 5 heteroatoms. The zero-order valence-electron chi connectivity index (χ0n) is 13.9. The van der Waals surface area contributed by atoms with E-state index in [4.69, 9.17) is 9.47 Å². The third kappa shape index (κ3) is 3.43. The molecule has 0 radical (unpaired) electrons. The van der Waals surface area contributed by atoms with Crippen LogP contribution >= 0.6 is 15.9 Å². The van der Waals surface area contributed by atoms with Crippen molar-refractivity contribution in [3.8, 4) is 11.5 Å². The van der Waals surface area contributed by atoms with Gasteiger partial charge in [-0.25, -0.2) is 0 Å². The lowest BCUT2D eigenvalue weighted by atomic mass is 10.1. The molecule has 0 aliphatic heterocycles. The molecule has 2 atom stereocenters. The van der Waals surface area contributed by atoms with Crippen molar-refractivity contribution in [2.75, 3.05) is 13.7 Å². The van der Waals surface area contributed by atoms with E-state index in [-0.39, 0.29) is 6.04 Å². The zero-order valence-corrected chi connectivity index (χ0v) is 15.5. The predicted molar refractivity (Wildman–Crippen MR) is 97.6 cm³/mol. The maximum atomic E-state index is 10.3. The van der Waals surface area contributed by atoms with Crippen LogP contribution in [0.2, 0.25) is 0 Å². The van der Waals surface area contributed by atoms with Crippen molar-refractivity contribution in [1.82, 2.24) is 5.32 Å². The second kappa shape index (κ2) is 7.55. The van der Waals surface area contributed by atoms with Crippen molar-refractivity contribution in [1.29, 1.82) is 0 Å². The molecule has 0 saturated heterocycles. The van der Waals surface area contributed by atoms with Gasteiger partial charge in [0.2, 0.25) is 0 Å². The van der Waals surface area contributed by atoms with E-state index in [1.807, 2.05) is 31.2 Å². The standard InChI is InChI=1S/C19H22BrNO3/c1-3-24-19-15(20)8-12(9-17(19)23-2)11-21-18-14-7-5-4-6-13(14)10-16(18)22/h4-9,16,18,21-22H,3,10-11H2,1-2H3/t16-,18+/m0/s1. The number of aliphatic hydroxyl groups is 1. The first-order valence-corrected chi connectivity index (χ1v) is 8.91. The van der Waals surface area contributed by atoms with Gasteiger partial charge in [-0.15, -0.1) is 0 Å². The lowest BCUT2D eigenvalue weighted by molar-refractivity contribution is 0.140. The largest absolute Gasteiger partial charge is 0.493 e. The fraction of sp³-hybridized carbons (Fsp3) is 0.368. The van der Waals surface area contributed by atoms with E-state index in [1.165, 1.54) is 11.1 Å². The first-order chi connectivity index (χ1) is 11.6. The number of aliphatic hydroxyl groups excluding tert-OH is 1. The highest BCUT2D eigenvalue weighted by Gasteiger charge is 2.30. The van der Waals surface area contributed by atoms with E-state index in [9.17, 15) is 5.11 Å². The van der Waals surface area contributed by atoms with Crippen LogP contribution in [0.15, 0.2) is 40.9 Å². The summed E-state index contributed by atoms with van der Waals surface area (Å²) in [7, 11) is 1.64. The molecule has 2 aromatic rings. The Bertz CT molecular complexity index is 720. The number of rotatable bonds is 6. The van der Waals surface area contributed by atoms with Crippen molar-refractivity contribution in [3.63, 3.8) is 0 Å². The van der Waals surface area contributed by atoms with Gasteiger partial charge in [0.05, 0.1) is 30.3 Å². The van der Waals surface area contributed by atoms with Crippen molar-refractivity contribution in [3.05, 3.63) is 57.6 Å². The molecule has 0 spiro atoms. The van der Waals surface area contributed by atoms with Crippen molar-refractivity contribution in [2.24, 2.45) is 0 Å². The van der Waals surface area contributed by atoms with Gasteiger partial charge >= 0.3 is 0 Å². The summed E-state index contributed by atoms with van der Waals surface area (Å²) < 4.78 is 11.9. The zero-order chi connectivity index (χ0) is 17.1. The van der Waals surface area contributed by atoms with E-state index in [0.29, 0.717) is 25.3 Å². The molecule has 0 fully saturated rings. The number of ether oxygens (including phenoxy) is 2. The van der Waals surface area contributed by atoms with Gasteiger partial charge in [-0.05, 0) is 51.7 Å². The minimum Gasteiger partial charge on any atom is -0.493 e. The lowest BCUT2D eigenvalue weighted by Gasteiger charge is -2.19. The number of hydrogen-bond acceptors (Lipinski definition) is 4. The summed E-state index contributed by atoms with van der Waals surface area (Å²) in [5.41, 5.74) is 3.47. The average molecular weight is 392 g/mol. The van der Waals surface area contributed by atoms with Gasteiger partial charge in [0, 0.05) is 13.0 Å². The normalized spacial score (nSPS) is 19.2. The highest BCUT2D eigenvalue weighted by atomic mass is 79.9. The monoisotopic (exact) mass is 391 g/mol. The van der Waals surface area contributed by atoms with Crippen molar-refractivity contribution in [2.45, 2.75) is 32.0 Å². The van der Waals surface area contributed by atoms with Gasteiger partial charge in [0.1, 0.15) is 0 Å². The number of hydrogen-bond donors (Lipinski definition) is 2. The minimum atomic E-state index is -0.393. The number of benzene rings is 2. The topological polar surface area (TPSA) is 50.7 Å². The van der Waals surface area contributed by atoms with Gasteiger partial charge in [-0.1, -0.05) is 24.3 Å². The van der Waals surface area contributed by atoms with Crippen molar-refractivity contribution >= 4 is 15.9 Å². The molecule has 0 saturated carbocycles. The third-order valence-corrected chi connectivity index (χ3v) is 4.90. The number of methoxy groups -OCH3 is 1. The van der Waals surface area contributed by atoms with E-state index < -0.39 is 6.10 Å². The highest BCUT2D eigenvalue weighted by Crippen LogP contribution is 2.37. The molecule has 1 aliphatic carbocycles. The van der Waals surface area contributed by atoms with Crippen LogP contribution in [0, 0.1) is 0 Å². The SMILES string of the molecule is CCOc1c(Br)cc(CN[C@@H]2c3ccccc3C[C@@H]2O)cc1OC. The summed E-state index contributed by atoms with van der Waals surface area (Å²) in [6, 6.07) is 12.1. The third-order valence-electron chi connectivity index (χ3n) is 4.31. The molecule has 3 rings (SSSR count). The Hall–Kier alpha value is -1.56. The molecular formula is C19H22BrNO3. The fourth-order valence-electron chi connectivity index (χ4n) is 3.21. The van der Waals surface area contributed by atoms with E-state index in [1.54, 1.807) is 7.11 Å². The fourth-order valence-corrected chi connectivity index (χ4v) is 3.81. The Kier molecular flexibility index (Phi) is 5.43. The number of nitrogens with one attached hydrogen (secondary N) is 1. The van der Waals surface area contributed by atoms with Crippen LogP contribution in [0.4, 0.5) is 0 Å². The number of fused-ring (bicyclic) bond motifs is 1. The maximum absolute atomic E-state index is 10.3. The van der Waals surface area contributed by atoms with Crippen LogP contribution in [0.25, 0.3) is 0 Å². The number of halogens is 1. The maximum Gasteiger partial charge on any atom is 0.175 e. The molecule has 2 N–H and O–H groups in total. The predicted octanol–water partition coefficient (Wildman–Crippen LogP) is 3.60. The summed E-state index contributed by atoms with van der Waals surface area (Å²) in [5.74, 6) is 1.42. The Morgan fingerprint density at radius 1 is 1.29 bits per heavy atom. The first-order valence-electron chi connectivity index (χ1n) is 8.12. The molecule has 2 aromatic carbocycles. The van der Waals surface area contributed by atoms with Crippen LogP contribution in [0.5, 0.6) is 11.5 Å². The van der Waals surface area contributed by atoms with Crippen LogP contribution in [0.1, 0.15) is 29.7 Å². The van der Waals surface area contributed by atoms with Gasteiger partial charge < -0.3 is 19.9 Å². The van der Waals surface area contributed by atoms with Gasteiger partial charge in [-0.3, -0.25) is 0 Å². The van der Waals surface area contributed by atoms with Crippen molar-refractivity contribution < 1.29 is 14.6 Å². The molecule has 0 bridgehead atoms. The molecule has 0 aromatic heterocycles. The second-order valence-electron chi connectivity index (χ2n) is 5.87. The smallest absolute Gasteiger partial charge is 0.175 e. The Labute approximate surface area is 150 Å².